The van der Waals surface area contributed by atoms with Gasteiger partial charge in [-0.3, -0.25) is 4.79 Å². The number of hydrogen-bond donors (Lipinski definition) is 1. The van der Waals surface area contributed by atoms with E-state index in [4.69, 9.17) is 0 Å². The van der Waals surface area contributed by atoms with Gasteiger partial charge in [-0.1, -0.05) is 26.7 Å². The molecule has 0 aliphatic rings. The van der Waals surface area contributed by atoms with Crippen LogP contribution in [0.15, 0.2) is 0 Å². The molecular formula is C14H30N2O. The van der Waals surface area contributed by atoms with Gasteiger partial charge in [0.1, 0.15) is 0 Å². The Morgan fingerprint density at radius 2 is 1.65 bits per heavy atom. The van der Waals surface area contributed by atoms with E-state index in [1.165, 1.54) is 19.3 Å². The molecule has 3 heteroatoms. The summed E-state index contributed by atoms with van der Waals surface area (Å²) in [4.78, 5) is 13.4. The molecule has 0 heterocycles. The first-order valence-electron chi connectivity index (χ1n) is 7.18. The summed E-state index contributed by atoms with van der Waals surface area (Å²) in [6, 6.07) is 0. The van der Waals surface area contributed by atoms with Gasteiger partial charge in [-0.25, -0.2) is 0 Å². The Labute approximate surface area is 107 Å². The molecule has 0 saturated heterocycles. The number of amides is 1. The summed E-state index contributed by atoms with van der Waals surface area (Å²) < 4.78 is 0. The average molecular weight is 242 g/mol. The van der Waals surface area contributed by atoms with Crippen molar-refractivity contribution in [2.24, 2.45) is 0 Å². The van der Waals surface area contributed by atoms with Gasteiger partial charge in [-0.2, -0.15) is 0 Å². The average Bonchev–Trinajstić information content (AvgIpc) is 2.31. The maximum atomic E-state index is 11.4. The Morgan fingerprint density at radius 3 is 2.24 bits per heavy atom. The Morgan fingerprint density at radius 1 is 0.941 bits per heavy atom. The van der Waals surface area contributed by atoms with Gasteiger partial charge >= 0.3 is 0 Å². The molecule has 17 heavy (non-hydrogen) atoms. The standard InChI is InChI=1S/C14H30N2O/c1-4-6-12-16(14(3)17)13-9-7-8-11-15-10-5-2/h15H,4-13H2,1-3H3. The number of rotatable bonds is 11. The quantitative estimate of drug-likeness (QED) is 0.565. The van der Waals surface area contributed by atoms with E-state index >= 15 is 0 Å². The van der Waals surface area contributed by atoms with Crippen molar-refractivity contribution in [3.05, 3.63) is 0 Å². The van der Waals surface area contributed by atoms with Crippen LogP contribution in [0.2, 0.25) is 0 Å². The minimum atomic E-state index is 0.225. The molecule has 0 atom stereocenters. The van der Waals surface area contributed by atoms with Crippen LogP contribution in [-0.4, -0.2) is 37.0 Å². The van der Waals surface area contributed by atoms with Crippen molar-refractivity contribution < 1.29 is 4.79 Å². The first kappa shape index (κ1) is 16.4. The van der Waals surface area contributed by atoms with Crippen molar-refractivity contribution in [1.29, 1.82) is 0 Å². The highest BCUT2D eigenvalue weighted by molar-refractivity contribution is 5.73. The van der Waals surface area contributed by atoms with E-state index in [-0.39, 0.29) is 5.91 Å². The van der Waals surface area contributed by atoms with E-state index in [1.807, 2.05) is 4.90 Å². The van der Waals surface area contributed by atoms with E-state index in [0.717, 1.165) is 45.4 Å². The normalized spacial score (nSPS) is 10.5. The zero-order valence-corrected chi connectivity index (χ0v) is 11.9. The van der Waals surface area contributed by atoms with Crippen LogP contribution >= 0.6 is 0 Å². The fraction of sp³-hybridized carbons (Fsp3) is 0.929. The largest absolute Gasteiger partial charge is 0.343 e. The zero-order chi connectivity index (χ0) is 12.9. The molecule has 0 unspecified atom stereocenters. The van der Waals surface area contributed by atoms with Crippen molar-refractivity contribution in [1.82, 2.24) is 10.2 Å². The molecule has 0 fully saturated rings. The summed E-state index contributed by atoms with van der Waals surface area (Å²) in [6.07, 6.45) is 7.06. The van der Waals surface area contributed by atoms with Gasteiger partial charge in [0.25, 0.3) is 0 Å². The smallest absolute Gasteiger partial charge is 0.219 e. The molecule has 0 aliphatic heterocycles. The van der Waals surface area contributed by atoms with E-state index in [1.54, 1.807) is 6.92 Å². The van der Waals surface area contributed by atoms with Gasteiger partial charge in [-0.15, -0.1) is 0 Å². The second kappa shape index (κ2) is 11.9. The lowest BCUT2D eigenvalue weighted by Crippen LogP contribution is -2.30. The van der Waals surface area contributed by atoms with Crippen molar-refractivity contribution >= 4 is 5.91 Å². The van der Waals surface area contributed by atoms with Crippen molar-refractivity contribution in [2.45, 2.75) is 59.3 Å². The molecule has 0 bridgehead atoms. The van der Waals surface area contributed by atoms with Crippen LogP contribution in [0.4, 0.5) is 0 Å². The summed E-state index contributed by atoms with van der Waals surface area (Å²) in [6.45, 7) is 10.1. The fourth-order valence-corrected chi connectivity index (χ4v) is 1.81. The predicted molar refractivity (Wildman–Crippen MR) is 74.2 cm³/mol. The van der Waals surface area contributed by atoms with Crippen molar-refractivity contribution in [3.8, 4) is 0 Å². The minimum Gasteiger partial charge on any atom is -0.343 e. The molecule has 0 aliphatic carbocycles. The van der Waals surface area contributed by atoms with E-state index in [0.29, 0.717) is 0 Å². The van der Waals surface area contributed by atoms with Crippen LogP contribution in [0.5, 0.6) is 0 Å². The van der Waals surface area contributed by atoms with Gasteiger partial charge in [0.2, 0.25) is 5.91 Å². The maximum absolute atomic E-state index is 11.4. The Kier molecular flexibility index (Phi) is 11.5. The lowest BCUT2D eigenvalue weighted by Gasteiger charge is -2.20. The summed E-state index contributed by atoms with van der Waals surface area (Å²) >= 11 is 0. The lowest BCUT2D eigenvalue weighted by molar-refractivity contribution is -0.129. The van der Waals surface area contributed by atoms with Gasteiger partial charge in [0.05, 0.1) is 0 Å². The van der Waals surface area contributed by atoms with Crippen LogP contribution < -0.4 is 5.32 Å². The van der Waals surface area contributed by atoms with Gasteiger partial charge in [-0.05, 0) is 38.8 Å². The molecule has 0 aromatic rings. The molecule has 0 saturated carbocycles. The summed E-state index contributed by atoms with van der Waals surface area (Å²) in [5, 5.41) is 3.40. The number of unbranched alkanes of at least 4 members (excludes halogenated alkanes) is 3. The molecule has 0 aromatic carbocycles. The van der Waals surface area contributed by atoms with E-state index < -0.39 is 0 Å². The highest BCUT2D eigenvalue weighted by atomic mass is 16.2. The monoisotopic (exact) mass is 242 g/mol. The van der Waals surface area contributed by atoms with Crippen LogP contribution in [0.1, 0.15) is 59.3 Å². The molecule has 0 aromatic heterocycles. The van der Waals surface area contributed by atoms with E-state index in [9.17, 15) is 4.79 Å². The van der Waals surface area contributed by atoms with Gasteiger partial charge < -0.3 is 10.2 Å². The molecule has 3 nitrogen and oxygen atoms in total. The third-order valence-corrected chi connectivity index (χ3v) is 2.94. The number of carbonyl (C=O) groups is 1. The Hall–Kier alpha value is -0.570. The zero-order valence-electron chi connectivity index (χ0n) is 11.9. The molecule has 102 valence electrons. The molecule has 1 amide bonds. The molecule has 0 rings (SSSR count). The second-order valence-corrected chi connectivity index (χ2v) is 4.67. The Balaban J connectivity index is 3.44. The van der Waals surface area contributed by atoms with Crippen LogP contribution in [0.25, 0.3) is 0 Å². The third kappa shape index (κ3) is 10.3. The first-order chi connectivity index (χ1) is 8.22. The number of hydrogen-bond acceptors (Lipinski definition) is 2. The van der Waals surface area contributed by atoms with E-state index in [2.05, 4.69) is 19.2 Å². The van der Waals surface area contributed by atoms with Crippen LogP contribution in [-0.2, 0) is 4.79 Å². The second-order valence-electron chi connectivity index (χ2n) is 4.67. The van der Waals surface area contributed by atoms with Crippen LogP contribution in [0, 0.1) is 0 Å². The molecule has 1 N–H and O–H groups in total. The summed E-state index contributed by atoms with van der Waals surface area (Å²) in [7, 11) is 0. The van der Waals surface area contributed by atoms with Gasteiger partial charge in [0.15, 0.2) is 0 Å². The van der Waals surface area contributed by atoms with Crippen molar-refractivity contribution in [2.75, 3.05) is 26.2 Å². The highest BCUT2D eigenvalue weighted by Gasteiger charge is 2.06. The Bertz CT molecular complexity index is 183. The SMILES string of the molecule is CCCCN(CCCCCNCCC)C(C)=O. The first-order valence-corrected chi connectivity index (χ1v) is 7.18. The maximum Gasteiger partial charge on any atom is 0.219 e. The lowest BCUT2D eigenvalue weighted by atomic mass is 10.2. The molecule has 0 spiro atoms. The molecule has 0 radical (unpaired) electrons. The van der Waals surface area contributed by atoms with Gasteiger partial charge in [0, 0.05) is 20.0 Å². The highest BCUT2D eigenvalue weighted by Crippen LogP contribution is 2.01. The number of nitrogens with one attached hydrogen (secondary N) is 1. The molecular weight excluding hydrogens is 212 g/mol. The third-order valence-electron chi connectivity index (χ3n) is 2.94. The van der Waals surface area contributed by atoms with Crippen LogP contribution in [0.3, 0.4) is 0 Å². The summed E-state index contributed by atoms with van der Waals surface area (Å²) in [5.41, 5.74) is 0. The summed E-state index contributed by atoms with van der Waals surface area (Å²) in [5.74, 6) is 0.225. The topological polar surface area (TPSA) is 32.3 Å². The predicted octanol–water partition coefficient (Wildman–Crippen LogP) is 2.80. The van der Waals surface area contributed by atoms with Crippen molar-refractivity contribution in [3.63, 3.8) is 0 Å². The number of carbonyl (C=O) groups excluding carboxylic acids is 1. The number of nitrogens with zero attached hydrogens (tertiary/aromatic N) is 1. The minimum absolute atomic E-state index is 0.225. The fourth-order valence-electron chi connectivity index (χ4n) is 1.81.